The Bertz CT molecular complexity index is 638. The van der Waals surface area contributed by atoms with Gasteiger partial charge in [0.1, 0.15) is 17.2 Å². The molecule has 2 rings (SSSR count). The Labute approximate surface area is 148 Å². The number of nitrogens with one attached hydrogen (secondary N) is 1. The lowest BCUT2D eigenvalue weighted by Crippen LogP contribution is -2.12. The van der Waals surface area contributed by atoms with Gasteiger partial charge in [0.15, 0.2) is 0 Å². The largest absolute Gasteiger partial charge is 0.494 e. The number of amides is 1. The Morgan fingerprint density at radius 2 is 1.28 bits per heavy atom. The molecule has 0 aromatic heterocycles. The van der Waals surface area contributed by atoms with Gasteiger partial charge in [0.05, 0.1) is 19.8 Å². The molecule has 0 bridgehead atoms. The summed E-state index contributed by atoms with van der Waals surface area (Å²) in [6.07, 6.45) is 1.06. The maximum absolute atomic E-state index is 11.9. The van der Waals surface area contributed by atoms with Gasteiger partial charge in [-0.2, -0.15) is 0 Å². The normalized spacial score (nSPS) is 10.2. The van der Waals surface area contributed by atoms with Gasteiger partial charge in [-0.05, 0) is 68.8 Å². The van der Waals surface area contributed by atoms with Gasteiger partial charge >= 0.3 is 0 Å². The second-order valence-electron chi connectivity index (χ2n) is 5.36. The van der Waals surface area contributed by atoms with E-state index in [9.17, 15) is 4.79 Å². The highest BCUT2D eigenvalue weighted by atomic mass is 16.5. The maximum atomic E-state index is 11.9. The summed E-state index contributed by atoms with van der Waals surface area (Å²) in [6, 6.07) is 14.8. The van der Waals surface area contributed by atoms with Gasteiger partial charge in [-0.3, -0.25) is 4.79 Å². The first-order chi connectivity index (χ1) is 12.2. The van der Waals surface area contributed by atoms with Crippen molar-refractivity contribution >= 4 is 11.6 Å². The van der Waals surface area contributed by atoms with Crippen molar-refractivity contribution in [1.29, 1.82) is 0 Å². The number of anilines is 1. The predicted octanol–water partition coefficient (Wildman–Crippen LogP) is 4.28. The van der Waals surface area contributed by atoms with Gasteiger partial charge in [0.25, 0.3) is 0 Å². The van der Waals surface area contributed by atoms with E-state index in [4.69, 9.17) is 14.2 Å². The average molecular weight is 343 g/mol. The van der Waals surface area contributed by atoms with Crippen LogP contribution in [0.5, 0.6) is 17.2 Å². The summed E-state index contributed by atoms with van der Waals surface area (Å²) < 4.78 is 16.4. The summed E-state index contributed by atoms with van der Waals surface area (Å²) >= 11 is 0. The van der Waals surface area contributed by atoms with Crippen LogP contribution in [0.1, 0.15) is 26.7 Å². The fraction of sp³-hybridized carbons (Fsp3) is 0.350. The topological polar surface area (TPSA) is 56.8 Å². The molecule has 0 heterocycles. The summed E-state index contributed by atoms with van der Waals surface area (Å²) in [6.45, 7) is 5.64. The van der Waals surface area contributed by atoms with E-state index in [1.54, 1.807) is 0 Å². The van der Waals surface area contributed by atoms with E-state index >= 15 is 0 Å². The van der Waals surface area contributed by atoms with Crippen LogP contribution in [-0.4, -0.2) is 25.7 Å². The van der Waals surface area contributed by atoms with Crippen molar-refractivity contribution in [1.82, 2.24) is 0 Å². The fourth-order valence-electron chi connectivity index (χ4n) is 2.25. The molecule has 0 aliphatic carbocycles. The van der Waals surface area contributed by atoms with Crippen LogP contribution >= 0.6 is 0 Å². The lowest BCUT2D eigenvalue weighted by atomic mass is 10.2. The van der Waals surface area contributed by atoms with Gasteiger partial charge in [0.2, 0.25) is 5.91 Å². The van der Waals surface area contributed by atoms with Crippen LogP contribution in [0.25, 0.3) is 0 Å². The SMILES string of the molecule is CCOc1ccc(NC(=O)CCCOc2ccc(OCC)cc2)cc1. The van der Waals surface area contributed by atoms with E-state index in [0.29, 0.717) is 32.7 Å². The Kier molecular flexibility index (Phi) is 7.63. The van der Waals surface area contributed by atoms with Crippen LogP contribution in [0.4, 0.5) is 5.69 Å². The summed E-state index contributed by atoms with van der Waals surface area (Å²) in [5.74, 6) is 2.36. The Balaban J connectivity index is 1.66. The molecule has 0 aliphatic heterocycles. The molecular formula is C20H25NO4. The Morgan fingerprint density at radius 3 is 1.80 bits per heavy atom. The minimum absolute atomic E-state index is 0.0283. The highest BCUT2D eigenvalue weighted by molar-refractivity contribution is 5.90. The van der Waals surface area contributed by atoms with Gasteiger partial charge in [0, 0.05) is 12.1 Å². The number of hydrogen-bond donors (Lipinski definition) is 1. The smallest absolute Gasteiger partial charge is 0.224 e. The first-order valence-corrected chi connectivity index (χ1v) is 8.59. The molecule has 25 heavy (non-hydrogen) atoms. The van der Waals surface area contributed by atoms with Crippen molar-refractivity contribution in [3.8, 4) is 17.2 Å². The zero-order valence-electron chi connectivity index (χ0n) is 14.8. The average Bonchev–Trinajstić information content (AvgIpc) is 2.62. The van der Waals surface area contributed by atoms with Crippen LogP contribution in [0.2, 0.25) is 0 Å². The standard InChI is InChI=1S/C20H25NO4/c1-3-23-17-9-7-16(8-10-17)21-20(22)6-5-15-25-19-13-11-18(12-14-19)24-4-2/h7-14H,3-6,15H2,1-2H3,(H,21,22). The number of benzene rings is 2. The zero-order chi connectivity index (χ0) is 17.9. The number of carbonyl (C=O) groups is 1. The molecule has 134 valence electrons. The van der Waals surface area contributed by atoms with Gasteiger partial charge in [-0.15, -0.1) is 0 Å². The van der Waals surface area contributed by atoms with Gasteiger partial charge in [-0.1, -0.05) is 0 Å². The number of ether oxygens (including phenoxy) is 3. The lowest BCUT2D eigenvalue weighted by Gasteiger charge is -2.09. The molecule has 0 fully saturated rings. The van der Waals surface area contributed by atoms with Crippen molar-refractivity contribution in [2.24, 2.45) is 0 Å². The fourth-order valence-corrected chi connectivity index (χ4v) is 2.25. The molecule has 2 aromatic rings. The van der Waals surface area contributed by atoms with Crippen molar-refractivity contribution in [2.75, 3.05) is 25.1 Å². The Morgan fingerprint density at radius 1 is 0.800 bits per heavy atom. The van der Waals surface area contributed by atoms with Gasteiger partial charge < -0.3 is 19.5 Å². The number of carbonyl (C=O) groups excluding carboxylic acids is 1. The number of hydrogen-bond acceptors (Lipinski definition) is 4. The minimum atomic E-state index is -0.0283. The second kappa shape index (κ2) is 10.2. The van der Waals surface area contributed by atoms with Crippen LogP contribution in [0, 0.1) is 0 Å². The Hall–Kier alpha value is -2.69. The first-order valence-electron chi connectivity index (χ1n) is 8.59. The molecule has 5 nitrogen and oxygen atoms in total. The third kappa shape index (κ3) is 6.75. The quantitative estimate of drug-likeness (QED) is 0.654. The van der Waals surface area contributed by atoms with E-state index in [1.807, 2.05) is 62.4 Å². The molecule has 2 aromatic carbocycles. The lowest BCUT2D eigenvalue weighted by molar-refractivity contribution is -0.116. The third-order valence-electron chi connectivity index (χ3n) is 3.40. The van der Waals surface area contributed by atoms with Crippen molar-refractivity contribution in [3.63, 3.8) is 0 Å². The van der Waals surface area contributed by atoms with E-state index in [1.165, 1.54) is 0 Å². The van der Waals surface area contributed by atoms with Gasteiger partial charge in [-0.25, -0.2) is 0 Å². The van der Waals surface area contributed by atoms with Crippen molar-refractivity contribution in [2.45, 2.75) is 26.7 Å². The van der Waals surface area contributed by atoms with Crippen LogP contribution in [0.15, 0.2) is 48.5 Å². The molecule has 0 atom stereocenters. The maximum Gasteiger partial charge on any atom is 0.224 e. The predicted molar refractivity (Wildman–Crippen MR) is 98.6 cm³/mol. The highest BCUT2D eigenvalue weighted by Crippen LogP contribution is 2.18. The molecule has 0 aliphatic rings. The molecule has 5 heteroatoms. The van der Waals surface area contributed by atoms with E-state index in [2.05, 4.69) is 5.32 Å². The van der Waals surface area contributed by atoms with E-state index < -0.39 is 0 Å². The molecular weight excluding hydrogens is 318 g/mol. The summed E-state index contributed by atoms with van der Waals surface area (Å²) in [5.41, 5.74) is 0.765. The molecule has 1 N–H and O–H groups in total. The monoisotopic (exact) mass is 343 g/mol. The first kappa shape index (κ1) is 18.6. The summed E-state index contributed by atoms with van der Waals surface area (Å²) in [4.78, 5) is 11.9. The van der Waals surface area contributed by atoms with E-state index in [-0.39, 0.29) is 5.91 Å². The molecule has 0 saturated carbocycles. The summed E-state index contributed by atoms with van der Waals surface area (Å²) in [5, 5.41) is 2.86. The van der Waals surface area contributed by atoms with E-state index in [0.717, 1.165) is 22.9 Å². The molecule has 1 amide bonds. The summed E-state index contributed by atoms with van der Waals surface area (Å²) in [7, 11) is 0. The molecule has 0 unspecified atom stereocenters. The van der Waals surface area contributed by atoms with Crippen LogP contribution < -0.4 is 19.5 Å². The molecule has 0 radical (unpaired) electrons. The molecule has 0 spiro atoms. The number of rotatable bonds is 10. The highest BCUT2D eigenvalue weighted by Gasteiger charge is 2.03. The minimum Gasteiger partial charge on any atom is -0.494 e. The van der Waals surface area contributed by atoms with Crippen molar-refractivity contribution in [3.05, 3.63) is 48.5 Å². The second-order valence-corrected chi connectivity index (χ2v) is 5.36. The van der Waals surface area contributed by atoms with Crippen LogP contribution in [-0.2, 0) is 4.79 Å². The zero-order valence-corrected chi connectivity index (χ0v) is 14.8. The van der Waals surface area contributed by atoms with Crippen molar-refractivity contribution < 1.29 is 19.0 Å². The van der Waals surface area contributed by atoms with Crippen LogP contribution in [0.3, 0.4) is 0 Å². The molecule has 0 saturated heterocycles. The third-order valence-corrected chi connectivity index (χ3v) is 3.40.